The number of aromatic nitrogens is 1. The second kappa shape index (κ2) is 7.77. The van der Waals surface area contributed by atoms with Crippen molar-refractivity contribution in [3.05, 3.63) is 60.2 Å². The van der Waals surface area contributed by atoms with Crippen molar-refractivity contribution in [1.29, 1.82) is 0 Å². The minimum absolute atomic E-state index is 0.336. The van der Waals surface area contributed by atoms with Crippen LogP contribution in [0.3, 0.4) is 0 Å². The lowest BCUT2D eigenvalue weighted by Crippen LogP contribution is -2.27. The van der Waals surface area contributed by atoms with Gasteiger partial charge in [0.15, 0.2) is 0 Å². The van der Waals surface area contributed by atoms with Crippen LogP contribution in [-0.4, -0.2) is 37.9 Å². The largest absolute Gasteiger partial charge is 0.497 e. The van der Waals surface area contributed by atoms with Gasteiger partial charge in [0.1, 0.15) is 11.6 Å². The SMILES string of the molecule is COc1ccc(CNc2ccc3cc(S(=O)(=O)N4CCCC4)ccc3n2)cc1. The van der Waals surface area contributed by atoms with E-state index in [0.29, 0.717) is 24.5 Å². The highest BCUT2D eigenvalue weighted by Gasteiger charge is 2.27. The fourth-order valence-electron chi connectivity index (χ4n) is 3.38. The molecule has 28 heavy (non-hydrogen) atoms. The van der Waals surface area contributed by atoms with E-state index in [0.717, 1.165) is 40.9 Å². The molecule has 2 heterocycles. The molecular formula is C21H23N3O3S. The van der Waals surface area contributed by atoms with E-state index < -0.39 is 10.0 Å². The first-order valence-corrected chi connectivity index (χ1v) is 10.8. The van der Waals surface area contributed by atoms with Gasteiger partial charge in [-0.2, -0.15) is 4.31 Å². The molecule has 0 unspecified atom stereocenters. The Morgan fingerprint density at radius 3 is 2.50 bits per heavy atom. The number of fused-ring (bicyclic) bond motifs is 1. The van der Waals surface area contributed by atoms with Crippen molar-refractivity contribution >= 4 is 26.7 Å². The summed E-state index contributed by atoms with van der Waals surface area (Å²) in [6.07, 6.45) is 1.86. The Balaban J connectivity index is 1.51. The van der Waals surface area contributed by atoms with Gasteiger partial charge < -0.3 is 10.1 Å². The molecule has 0 aliphatic carbocycles. The van der Waals surface area contributed by atoms with Gasteiger partial charge in [-0.1, -0.05) is 12.1 Å². The van der Waals surface area contributed by atoms with Crippen molar-refractivity contribution < 1.29 is 13.2 Å². The van der Waals surface area contributed by atoms with Crippen LogP contribution in [0.5, 0.6) is 5.75 Å². The second-order valence-electron chi connectivity index (χ2n) is 6.86. The quantitative estimate of drug-likeness (QED) is 0.688. The summed E-state index contributed by atoms with van der Waals surface area (Å²) in [6.45, 7) is 1.85. The molecule has 146 valence electrons. The van der Waals surface area contributed by atoms with E-state index in [9.17, 15) is 8.42 Å². The third kappa shape index (κ3) is 3.81. The van der Waals surface area contributed by atoms with E-state index >= 15 is 0 Å². The molecule has 1 saturated heterocycles. The van der Waals surface area contributed by atoms with Gasteiger partial charge in [-0.05, 0) is 60.9 Å². The number of benzene rings is 2. The maximum Gasteiger partial charge on any atom is 0.243 e. The highest BCUT2D eigenvalue weighted by atomic mass is 32.2. The lowest BCUT2D eigenvalue weighted by molar-refractivity contribution is 0.414. The highest BCUT2D eigenvalue weighted by molar-refractivity contribution is 7.89. The molecule has 0 saturated carbocycles. The molecule has 2 aromatic carbocycles. The average Bonchev–Trinajstić information content (AvgIpc) is 3.28. The maximum atomic E-state index is 12.7. The predicted molar refractivity (Wildman–Crippen MR) is 110 cm³/mol. The Kier molecular flexibility index (Phi) is 5.19. The van der Waals surface area contributed by atoms with Crippen LogP contribution in [0.4, 0.5) is 5.82 Å². The van der Waals surface area contributed by atoms with Crippen LogP contribution in [0, 0.1) is 0 Å². The summed E-state index contributed by atoms with van der Waals surface area (Å²) in [7, 11) is -1.77. The summed E-state index contributed by atoms with van der Waals surface area (Å²) in [5.41, 5.74) is 1.88. The van der Waals surface area contributed by atoms with Gasteiger partial charge in [0.25, 0.3) is 0 Å². The fourth-order valence-corrected chi connectivity index (χ4v) is 4.93. The van der Waals surface area contributed by atoms with E-state index in [2.05, 4.69) is 10.3 Å². The summed E-state index contributed by atoms with van der Waals surface area (Å²) >= 11 is 0. The highest BCUT2D eigenvalue weighted by Crippen LogP contribution is 2.25. The van der Waals surface area contributed by atoms with Crippen molar-refractivity contribution in [1.82, 2.24) is 9.29 Å². The average molecular weight is 398 g/mol. The number of hydrogen-bond acceptors (Lipinski definition) is 5. The summed E-state index contributed by atoms with van der Waals surface area (Å²) in [6, 6.07) is 16.8. The van der Waals surface area contributed by atoms with Crippen molar-refractivity contribution in [2.24, 2.45) is 0 Å². The molecule has 7 heteroatoms. The van der Waals surface area contributed by atoms with Gasteiger partial charge in [-0.3, -0.25) is 0 Å². The summed E-state index contributed by atoms with van der Waals surface area (Å²) < 4.78 is 32.2. The maximum absolute atomic E-state index is 12.7. The van der Waals surface area contributed by atoms with Crippen LogP contribution in [-0.2, 0) is 16.6 Å². The van der Waals surface area contributed by atoms with E-state index in [1.165, 1.54) is 0 Å². The van der Waals surface area contributed by atoms with Gasteiger partial charge in [0.2, 0.25) is 10.0 Å². The molecule has 1 aliphatic heterocycles. The molecule has 0 bridgehead atoms. The summed E-state index contributed by atoms with van der Waals surface area (Å²) in [4.78, 5) is 4.94. The van der Waals surface area contributed by atoms with E-state index in [1.807, 2.05) is 36.4 Å². The number of nitrogens with one attached hydrogen (secondary N) is 1. The Hall–Kier alpha value is -2.64. The molecule has 0 radical (unpaired) electrons. The molecule has 1 fully saturated rings. The molecule has 1 aliphatic rings. The minimum Gasteiger partial charge on any atom is -0.497 e. The summed E-state index contributed by atoms with van der Waals surface area (Å²) in [5.74, 6) is 1.57. The Labute approximate surface area is 165 Å². The minimum atomic E-state index is -3.41. The Bertz CT molecular complexity index is 1080. The van der Waals surface area contributed by atoms with Crippen molar-refractivity contribution in [3.8, 4) is 5.75 Å². The molecule has 3 aromatic rings. The first-order valence-electron chi connectivity index (χ1n) is 9.34. The van der Waals surface area contributed by atoms with Crippen LogP contribution >= 0.6 is 0 Å². The fraction of sp³-hybridized carbons (Fsp3) is 0.286. The zero-order chi connectivity index (χ0) is 19.6. The number of hydrogen-bond donors (Lipinski definition) is 1. The molecule has 0 atom stereocenters. The van der Waals surface area contributed by atoms with Gasteiger partial charge >= 0.3 is 0 Å². The van der Waals surface area contributed by atoms with Gasteiger partial charge in [0.05, 0.1) is 17.5 Å². The van der Waals surface area contributed by atoms with Crippen LogP contribution < -0.4 is 10.1 Å². The third-order valence-corrected chi connectivity index (χ3v) is 6.89. The van der Waals surface area contributed by atoms with E-state index in [-0.39, 0.29) is 0 Å². The molecule has 0 amide bonds. The van der Waals surface area contributed by atoms with E-state index in [4.69, 9.17) is 4.74 Å². The number of pyridine rings is 1. The normalized spacial score (nSPS) is 15.0. The van der Waals surface area contributed by atoms with Crippen molar-refractivity contribution in [2.75, 3.05) is 25.5 Å². The van der Waals surface area contributed by atoms with Crippen LogP contribution in [0.25, 0.3) is 10.9 Å². The van der Waals surface area contributed by atoms with Crippen LogP contribution in [0.1, 0.15) is 18.4 Å². The monoisotopic (exact) mass is 397 g/mol. The third-order valence-electron chi connectivity index (χ3n) is 5.00. The Morgan fingerprint density at radius 1 is 1.04 bits per heavy atom. The molecule has 1 N–H and O–H groups in total. The first-order chi connectivity index (χ1) is 13.6. The van der Waals surface area contributed by atoms with Gasteiger partial charge in [-0.25, -0.2) is 13.4 Å². The number of nitrogens with zero attached hydrogens (tertiary/aromatic N) is 2. The zero-order valence-electron chi connectivity index (χ0n) is 15.8. The molecule has 6 nitrogen and oxygen atoms in total. The lowest BCUT2D eigenvalue weighted by atomic mass is 10.2. The van der Waals surface area contributed by atoms with E-state index in [1.54, 1.807) is 29.6 Å². The second-order valence-corrected chi connectivity index (χ2v) is 8.80. The lowest BCUT2D eigenvalue weighted by Gasteiger charge is -2.15. The number of sulfonamides is 1. The molecule has 1 aromatic heterocycles. The smallest absolute Gasteiger partial charge is 0.243 e. The standard InChI is InChI=1S/C21H23N3O3S/c1-27-18-7-4-16(5-8-18)15-22-21-11-6-17-14-19(9-10-20(17)23-21)28(25,26)24-12-2-3-13-24/h4-11,14H,2-3,12-13,15H2,1H3,(H,22,23). The topological polar surface area (TPSA) is 71.5 Å². The summed E-state index contributed by atoms with van der Waals surface area (Å²) in [5, 5.41) is 4.12. The predicted octanol–water partition coefficient (Wildman–Crippen LogP) is 3.64. The Morgan fingerprint density at radius 2 is 1.79 bits per heavy atom. The number of rotatable bonds is 6. The van der Waals surface area contributed by atoms with Crippen molar-refractivity contribution in [2.45, 2.75) is 24.3 Å². The number of ether oxygens (including phenoxy) is 1. The van der Waals surface area contributed by atoms with Gasteiger partial charge in [-0.15, -0.1) is 0 Å². The number of methoxy groups -OCH3 is 1. The van der Waals surface area contributed by atoms with Crippen molar-refractivity contribution in [3.63, 3.8) is 0 Å². The molecule has 4 rings (SSSR count). The van der Waals surface area contributed by atoms with Gasteiger partial charge in [0, 0.05) is 25.0 Å². The van der Waals surface area contributed by atoms with Crippen LogP contribution in [0.2, 0.25) is 0 Å². The van der Waals surface area contributed by atoms with Crippen LogP contribution in [0.15, 0.2) is 59.5 Å². The first kappa shape index (κ1) is 18.7. The number of anilines is 1. The molecular weight excluding hydrogens is 374 g/mol. The zero-order valence-corrected chi connectivity index (χ0v) is 16.6. The molecule has 0 spiro atoms.